The van der Waals surface area contributed by atoms with Crippen LogP contribution in [-0.2, 0) is 19.2 Å². The average Bonchev–Trinajstić information content (AvgIpc) is 2.29. The van der Waals surface area contributed by atoms with Gasteiger partial charge < -0.3 is 4.79 Å². The normalized spacial score (nSPS) is 16.2. The Labute approximate surface area is 62.2 Å². The van der Waals surface area contributed by atoms with E-state index in [1.165, 1.54) is 0 Å². The number of carbonyl (C=O) groups excluding carboxylic acids is 3. The van der Waals surface area contributed by atoms with Crippen LogP contribution in [0.25, 0.3) is 0 Å². The van der Waals surface area contributed by atoms with E-state index in [2.05, 4.69) is 4.84 Å². The number of rotatable bonds is 3. The molecule has 0 aromatic heterocycles. The van der Waals surface area contributed by atoms with Gasteiger partial charge in [-0.1, -0.05) is 0 Å². The number of aldehydes is 1. The number of amides is 2. The standard InChI is InChI=1S/C6H5NO4/c8-3-4-11-7-5(9)1-2-6(7)10/h1-3H,4H2. The van der Waals surface area contributed by atoms with Crippen molar-refractivity contribution in [1.29, 1.82) is 0 Å². The van der Waals surface area contributed by atoms with E-state index in [0.717, 1.165) is 12.2 Å². The quantitative estimate of drug-likeness (QED) is 0.389. The predicted octanol–water partition coefficient (Wildman–Crippen LogP) is -0.958. The Hall–Kier alpha value is -1.49. The fourth-order valence-corrected chi connectivity index (χ4v) is 0.619. The lowest BCUT2D eigenvalue weighted by molar-refractivity contribution is -0.184. The Bertz CT molecular complexity index is 215. The Morgan fingerprint density at radius 2 is 1.91 bits per heavy atom. The molecule has 0 fully saturated rings. The van der Waals surface area contributed by atoms with Gasteiger partial charge in [0.2, 0.25) is 0 Å². The molecule has 0 unspecified atom stereocenters. The molecular weight excluding hydrogens is 150 g/mol. The van der Waals surface area contributed by atoms with Crippen molar-refractivity contribution < 1.29 is 19.2 Å². The Balaban J connectivity index is 2.52. The molecule has 0 bridgehead atoms. The van der Waals surface area contributed by atoms with E-state index in [1.54, 1.807) is 0 Å². The number of carbonyl (C=O) groups is 3. The summed E-state index contributed by atoms with van der Waals surface area (Å²) in [5.74, 6) is -1.12. The lowest BCUT2D eigenvalue weighted by atomic mass is 10.6. The fourth-order valence-electron chi connectivity index (χ4n) is 0.619. The molecule has 0 atom stereocenters. The van der Waals surface area contributed by atoms with Gasteiger partial charge in [0, 0.05) is 12.2 Å². The van der Waals surface area contributed by atoms with Crippen LogP contribution in [0.4, 0.5) is 0 Å². The van der Waals surface area contributed by atoms with Crippen molar-refractivity contribution in [2.45, 2.75) is 0 Å². The van der Waals surface area contributed by atoms with Crippen LogP contribution in [-0.4, -0.2) is 29.8 Å². The van der Waals surface area contributed by atoms with Crippen LogP contribution in [0, 0.1) is 0 Å². The summed E-state index contributed by atoms with van der Waals surface area (Å²) in [6.45, 7) is -0.293. The van der Waals surface area contributed by atoms with Gasteiger partial charge in [-0.25, -0.2) is 0 Å². The van der Waals surface area contributed by atoms with Crippen molar-refractivity contribution in [3.63, 3.8) is 0 Å². The fraction of sp³-hybridized carbons (Fsp3) is 0.167. The second-order valence-electron chi connectivity index (χ2n) is 1.77. The highest BCUT2D eigenvalue weighted by molar-refractivity contribution is 6.11. The molecule has 0 aromatic rings. The molecular formula is C6H5NO4. The first-order chi connectivity index (χ1) is 5.25. The van der Waals surface area contributed by atoms with E-state index in [1.807, 2.05) is 0 Å². The van der Waals surface area contributed by atoms with Gasteiger partial charge in [-0.2, -0.15) is 0 Å². The number of hydrogen-bond donors (Lipinski definition) is 0. The lowest BCUT2D eigenvalue weighted by Gasteiger charge is -2.09. The molecule has 5 nitrogen and oxygen atoms in total. The molecule has 0 radical (unpaired) electrons. The molecule has 0 aromatic carbocycles. The smallest absolute Gasteiger partial charge is 0.277 e. The van der Waals surface area contributed by atoms with Gasteiger partial charge in [0.25, 0.3) is 11.8 Å². The minimum absolute atomic E-state index is 0.293. The predicted molar refractivity (Wildman–Crippen MR) is 33.0 cm³/mol. The van der Waals surface area contributed by atoms with E-state index in [-0.39, 0.29) is 6.61 Å². The molecule has 0 spiro atoms. The van der Waals surface area contributed by atoms with Crippen LogP contribution >= 0.6 is 0 Å². The molecule has 1 aliphatic heterocycles. The van der Waals surface area contributed by atoms with Crippen molar-refractivity contribution in [3.05, 3.63) is 12.2 Å². The maximum atomic E-state index is 10.7. The summed E-state index contributed by atoms with van der Waals surface area (Å²) in [6, 6.07) is 0. The van der Waals surface area contributed by atoms with Crippen LogP contribution in [0.1, 0.15) is 0 Å². The molecule has 5 heteroatoms. The summed E-state index contributed by atoms with van der Waals surface area (Å²) in [5, 5.41) is 0.536. The molecule has 11 heavy (non-hydrogen) atoms. The van der Waals surface area contributed by atoms with Gasteiger partial charge in [0.05, 0.1) is 0 Å². The summed E-state index contributed by atoms with van der Waals surface area (Å²) < 4.78 is 0. The zero-order valence-corrected chi connectivity index (χ0v) is 5.52. The van der Waals surface area contributed by atoms with Crippen molar-refractivity contribution >= 4 is 18.1 Å². The molecule has 2 amide bonds. The van der Waals surface area contributed by atoms with Crippen LogP contribution in [0.15, 0.2) is 12.2 Å². The van der Waals surface area contributed by atoms with Crippen LogP contribution < -0.4 is 0 Å². The largest absolute Gasteiger partial charge is 0.301 e. The minimum atomic E-state index is -0.558. The van der Waals surface area contributed by atoms with E-state index in [9.17, 15) is 14.4 Å². The third-order valence-electron chi connectivity index (χ3n) is 1.04. The highest BCUT2D eigenvalue weighted by atomic mass is 16.7. The number of nitrogens with zero attached hydrogens (tertiary/aromatic N) is 1. The molecule has 58 valence electrons. The maximum Gasteiger partial charge on any atom is 0.277 e. The van der Waals surface area contributed by atoms with E-state index in [0.29, 0.717) is 11.3 Å². The highest BCUT2D eigenvalue weighted by Gasteiger charge is 2.23. The van der Waals surface area contributed by atoms with Crippen LogP contribution in [0.3, 0.4) is 0 Å². The minimum Gasteiger partial charge on any atom is -0.301 e. The van der Waals surface area contributed by atoms with Crippen molar-refractivity contribution in [1.82, 2.24) is 5.06 Å². The van der Waals surface area contributed by atoms with Crippen molar-refractivity contribution in [2.24, 2.45) is 0 Å². The number of imide groups is 1. The Morgan fingerprint density at radius 1 is 1.36 bits per heavy atom. The summed E-state index contributed by atoms with van der Waals surface area (Å²) in [4.78, 5) is 35.6. The number of hydrogen-bond acceptors (Lipinski definition) is 4. The first kappa shape index (κ1) is 7.62. The number of hydroxylamine groups is 2. The molecule has 0 saturated heterocycles. The van der Waals surface area contributed by atoms with Gasteiger partial charge in [-0.3, -0.25) is 14.4 Å². The van der Waals surface area contributed by atoms with Crippen molar-refractivity contribution in [3.8, 4) is 0 Å². The average molecular weight is 155 g/mol. The van der Waals surface area contributed by atoms with Gasteiger partial charge >= 0.3 is 0 Å². The summed E-state index contributed by atoms with van der Waals surface area (Å²) in [6.07, 6.45) is 2.61. The van der Waals surface area contributed by atoms with E-state index in [4.69, 9.17) is 0 Å². The maximum absolute atomic E-state index is 10.7. The molecule has 1 aliphatic rings. The first-order valence-electron chi connectivity index (χ1n) is 2.88. The third kappa shape index (κ3) is 1.50. The SMILES string of the molecule is O=CCON1C(=O)C=CC1=O. The third-order valence-corrected chi connectivity index (χ3v) is 1.04. The lowest BCUT2D eigenvalue weighted by Crippen LogP contribution is -2.30. The molecule has 0 N–H and O–H groups in total. The Kier molecular flexibility index (Phi) is 2.12. The van der Waals surface area contributed by atoms with Crippen LogP contribution in [0.5, 0.6) is 0 Å². The van der Waals surface area contributed by atoms with Gasteiger partial charge in [0.15, 0.2) is 0 Å². The second kappa shape index (κ2) is 3.07. The van der Waals surface area contributed by atoms with Gasteiger partial charge in [0.1, 0.15) is 12.9 Å². The van der Waals surface area contributed by atoms with E-state index < -0.39 is 11.8 Å². The van der Waals surface area contributed by atoms with Crippen molar-refractivity contribution in [2.75, 3.05) is 6.61 Å². The zero-order chi connectivity index (χ0) is 8.27. The summed E-state index contributed by atoms with van der Waals surface area (Å²) in [5.41, 5.74) is 0. The second-order valence-corrected chi connectivity index (χ2v) is 1.77. The molecule has 0 aliphatic carbocycles. The summed E-state index contributed by atoms with van der Waals surface area (Å²) in [7, 11) is 0. The molecule has 0 saturated carbocycles. The monoisotopic (exact) mass is 155 g/mol. The zero-order valence-electron chi connectivity index (χ0n) is 5.52. The van der Waals surface area contributed by atoms with Gasteiger partial charge in [-0.05, 0) is 0 Å². The molecule has 1 heterocycles. The first-order valence-corrected chi connectivity index (χ1v) is 2.88. The summed E-state index contributed by atoms with van der Waals surface area (Å²) >= 11 is 0. The van der Waals surface area contributed by atoms with Gasteiger partial charge in [-0.15, -0.1) is 5.06 Å². The van der Waals surface area contributed by atoms with E-state index >= 15 is 0 Å². The molecule has 1 rings (SSSR count). The highest BCUT2D eigenvalue weighted by Crippen LogP contribution is 2.02. The topological polar surface area (TPSA) is 63.7 Å². The Morgan fingerprint density at radius 3 is 2.36 bits per heavy atom. The van der Waals surface area contributed by atoms with Crippen LogP contribution in [0.2, 0.25) is 0 Å².